The number of nitrogens with zero attached hydrogens (tertiary/aromatic N) is 1. The van der Waals surface area contributed by atoms with Gasteiger partial charge < -0.3 is 21.1 Å². The monoisotopic (exact) mass is 534 g/mol. The summed E-state index contributed by atoms with van der Waals surface area (Å²) in [6, 6.07) is 6.37. The van der Waals surface area contributed by atoms with Gasteiger partial charge in [-0.3, -0.25) is 4.79 Å². The Morgan fingerprint density at radius 3 is 2.31 bits per heavy atom. The summed E-state index contributed by atoms with van der Waals surface area (Å²) in [4.78, 5) is 15.3. The van der Waals surface area contributed by atoms with Crippen molar-refractivity contribution in [3.8, 4) is 5.75 Å². The Bertz CT molecular complexity index is 907. The van der Waals surface area contributed by atoms with Gasteiger partial charge in [-0.05, 0) is 24.3 Å². The van der Waals surface area contributed by atoms with Gasteiger partial charge in [-0.1, -0.05) is 12.1 Å². The van der Waals surface area contributed by atoms with E-state index in [2.05, 4.69) is 15.0 Å². The number of rotatable bonds is 5. The minimum atomic E-state index is -4.93. The molecule has 4 N–H and O–H groups in total. The molecule has 0 bridgehead atoms. The number of ether oxygens (including phenoxy) is 1. The van der Waals surface area contributed by atoms with Crippen molar-refractivity contribution in [2.24, 2.45) is 10.7 Å². The zero-order valence-corrected chi connectivity index (χ0v) is 16.5. The molecule has 0 aliphatic carbocycles. The molecule has 0 atom stereocenters. The van der Waals surface area contributed by atoms with Gasteiger partial charge in [0.1, 0.15) is 6.54 Å². The molecule has 29 heavy (non-hydrogen) atoms. The van der Waals surface area contributed by atoms with Crippen LogP contribution in [0.15, 0.2) is 41.4 Å². The molecular formula is C16H13F6IN4O2. The van der Waals surface area contributed by atoms with Crippen molar-refractivity contribution in [1.29, 1.82) is 0 Å². The summed E-state index contributed by atoms with van der Waals surface area (Å²) >= 11 is 0. The van der Waals surface area contributed by atoms with E-state index in [9.17, 15) is 31.1 Å². The highest BCUT2D eigenvalue weighted by Gasteiger charge is 2.32. The quantitative estimate of drug-likeness (QED) is 0.178. The van der Waals surface area contributed by atoms with Gasteiger partial charge in [0.2, 0.25) is 5.91 Å². The first-order chi connectivity index (χ1) is 13.1. The average Bonchev–Trinajstić information content (AvgIpc) is 2.61. The average molecular weight is 534 g/mol. The zero-order valence-electron chi connectivity index (χ0n) is 14.2. The molecule has 0 aliphatic heterocycles. The molecule has 0 aliphatic rings. The number of aliphatic imine (C=N–C) groups is 1. The van der Waals surface area contributed by atoms with E-state index in [1.807, 2.05) is 5.32 Å². The minimum Gasteiger partial charge on any atom is -0.404 e. The molecule has 13 heteroatoms. The van der Waals surface area contributed by atoms with E-state index in [-0.39, 0.29) is 29.7 Å². The second-order valence-electron chi connectivity index (χ2n) is 5.14. The first kappa shape index (κ1) is 24.3. The largest absolute Gasteiger partial charge is 0.573 e. The Labute approximate surface area is 177 Å². The van der Waals surface area contributed by atoms with Crippen molar-refractivity contribution >= 4 is 47.2 Å². The second kappa shape index (κ2) is 10.2. The van der Waals surface area contributed by atoms with E-state index in [1.54, 1.807) is 0 Å². The minimum absolute atomic E-state index is 0. The molecule has 0 fully saturated rings. The fourth-order valence-corrected chi connectivity index (χ4v) is 1.93. The summed E-state index contributed by atoms with van der Waals surface area (Å²) in [5.74, 6) is -6.75. The van der Waals surface area contributed by atoms with Crippen LogP contribution in [0.2, 0.25) is 0 Å². The van der Waals surface area contributed by atoms with E-state index in [1.165, 1.54) is 18.2 Å². The highest BCUT2D eigenvalue weighted by molar-refractivity contribution is 14.0. The standard InChI is InChI=1S/C16H12F6N4O2.HI/c17-8-5-6-10(14(19)13(8)18)25-12(27)7-24-15(23)26-9-3-1-2-4-11(9)28-16(20,21)22;/h1-6H,7H2,(H,25,27)(H3,23,24,26);1H. The molecule has 2 aromatic carbocycles. The van der Waals surface area contributed by atoms with Gasteiger partial charge in [0.25, 0.3) is 0 Å². The first-order valence-corrected chi connectivity index (χ1v) is 7.42. The Morgan fingerprint density at radius 2 is 1.66 bits per heavy atom. The number of carbonyl (C=O) groups excluding carboxylic acids is 1. The molecule has 158 valence electrons. The van der Waals surface area contributed by atoms with Gasteiger partial charge in [-0.2, -0.15) is 0 Å². The predicted molar refractivity (Wildman–Crippen MR) is 104 cm³/mol. The number of para-hydroxylation sites is 2. The van der Waals surface area contributed by atoms with Gasteiger partial charge in [-0.25, -0.2) is 18.2 Å². The number of alkyl halides is 3. The topological polar surface area (TPSA) is 88.7 Å². The number of carbonyl (C=O) groups is 1. The summed E-state index contributed by atoms with van der Waals surface area (Å²) in [7, 11) is 0. The number of nitrogens with two attached hydrogens (primary N) is 1. The smallest absolute Gasteiger partial charge is 0.404 e. The summed E-state index contributed by atoms with van der Waals surface area (Å²) in [6.45, 7) is -0.681. The van der Waals surface area contributed by atoms with E-state index in [0.29, 0.717) is 6.07 Å². The molecule has 2 aromatic rings. The number of nitrogens with one attached hydrogen (secondary N) is 2. The summed E-state index contributed by atoms with van der Waals surface area (Å²) in [5.41, 5.74) is 4.70. The number of amides is 1. The third kappa shape index (κ3) is 7.32. The SMILES string of the molecule is I.NC(=NCC(=O)Nc1ccc(F)c(F)c1F)Nc1ccccc1OC(F)(F)F. The lowest BCUT2D eigenvalue weighted by Gasteiger charge is -2.14. The van der Waals surface area contributed by atoms with E-state index < -0.39 is 53.7 Å². The number of halogens is 7. The van der Waals surface area contributed by atoms with Gasteiger partial charge in [0.15, 0.2) is 29.2 Å². The molecule has 2 rings (SSSR count). The van der Waals surface area contributed by atoms with Crippen molar-refractivity contribution in [2.45, 2.75) is 6.36 Å². The summed E-state index contributed by atoms with van der Waals surface area (Å²) < 4.78 is 80.3. The number of hydrogen-bond donors (Lipinski definition) is 3. The first-order valence-electron chi connectivity index (χ1n) is 7.42. The lowest BCUT2D eigenvalue weighted by molar-refractivity contribution is -0.274. The third-order valence-corrected chi connectivity index (χ3v) is 3.08. The Kier molecular flexibility index (Phi) is 8.54. The van der Waals surface area contributed by atoms with E-state index in [0.717, 1.165) is 12.1 Å². The maximum atomic E-state index is 13.5. The van der Waals surface area contributed by atoms with Crippen LogP contribution in [0.25, 0.3) is 0 Å². The molecule has 0 heterocycles. The van der Waals surface area contributed by atoms with Crippen molar-refractivity contribution in [2.75, 3.05) is 17.2 Å². The van der Waals surface area contributed by atoms with Crippen LogP contribution in [0.1, 0.15) is 0 Å². The molecular weight excluding hydrogens is 521 g/mol. The van der Waals surface area contributed by atoms with Gasteiger partial charge in [-0.15, -0.1) is 37.1 Å². The maximum absolute atomic E-state index is 13.5. The molecule has 1 amide bonds. The van der Waals surface area contributed by atoms with Crippen LogP contribution in [0, 0.1) is 17.5 Å². The van der Waals surface area contributed by atoms with Crippen molar-refractivity contribution in [3.63, 3.8) is 0 Å². The fraction of sp³-hybridized carbons (Fsp3) is 0.125. The number of benzene rings is 2. The predicted octanol–water partition coefficient (Wildman–Crippen LogP) is 3.99. The van der Waals surface area contributed by atoms with Crippen molar-refractivity contribution in [1.82, 2.24) is 0 Å². The number of guanidine groups is 1. The molecule has 0 radical (unpaired) electrons. The normalized spacial score (nSPS) is 11.4. The highest BCUT2D eigenvalue weighted by Crippen LogP contribution is 2.29. The third-order valence-electron chi connectivity index (χ3n) is 3.08. The van der Waals surface area contributed by atoms with E-state index >= 15 is 0 Å². The molecule has 0 saturated carbocycles. The fourth-order valence-electron chi connectivity index (χ4n) is 1.93. The van der Waals surface area contributed by atoms with Crippen LogP contribution >= 0.6 is 24.0 Å². The Hall–Kier alpha value is -2.71. The van der Waals surface area contributed by atoms with Crippen LogP contribution in [0.5, 0.6) is 5.75 Å². The highest BCUT2D eigenvalue weighted by atomic mass is 127. The number of anilines is 2. The van der Waals surface area contributed by atoms with Crippen LogP contribution in [-0.4, -0.2) is 24.8 Å². The zero-order chi connectivity index (χ0) is 20.9. The van der Waals surface area contributed by atoms with E-state index in [4.69, 9.17) is 5.73 Å². The van der Waals surface area contributed by atoms with Crippen molar-refractivity contribution < 1.29 is 35.9 Å². The van der Waals surface area contributed by atoms with Crippen LogP contribution in [0.4, 0.5) is 37.7 Å². The molecule has 0 spiro atoms. The Balaban J connectivity index is 0.00000420. The molecule has 0 aromatic heterocycles. The molecule has 6 nitrogen and oxygen atoms in total. The Morgan fingerprint density at radius 1 is 1.00 bits per heavy atom. The maximum Gasteiger partial charge on any atom is 0.573 e. The van der Waals surface area contributed by atoms with Crippen molar-refractivity contribution in [3.05, 3.63) is 53.8 Å². The molecule has 0 unspecified atom stereocenters. The molecule has 0 saturated heterocycles. The van der Waals surface area contributed by atoms with Gasteiger partial charge in [0.05, 0.1) is 11.4 Å². The van der Waals surface area contributed by atoms with Crippen LogP contribution in [-0.2, 0) is 4.79 Å². The number of hydrogen-bond acceptors (Lipinski definition) is 3. The van der Waals surface area contributed by atoms with Gasteiger partial charge in [0, 0.05) is 0 Å². The summed E-state index contributed by atoms with van der Waals surface area (Å²) in [5, 5.41) is 4.27. The van der Waals surface area contributed by atoms with Crippen LogP contribution < -0.4 is 21.1 Å². The lowest BCUT2D eigenvalue weighted by Crippen LogP contribution is -2.26. The summed E-state index contributed by atoms with van der Waals surface area (Å²) in [6.07, 6.45) is -4.93. The second-order valence-corrected chi connectivity index (χ2v) is 5.14. The lowest BCUT2D eigenvalue weighted by atomic mass is 10.2. The van der Waals surface area contributed by atoms with Gasteiger partial charge >= 0.3 is 6.36 Å². The van der Waals surface area contributed by atoms with Crippen LogP contribution in [0.3, 0.4) is 0 Å².